The summed E-state index contributed by atoms with van der Waals surface area (Å²) in [5.74, 6) is 4.29. The van der Waals surface area contributed by atoms with Crippen LogP contribution in [0.5, 0.6) is 34.5 Å². The molecule has 1 atom stereocenters. The molecule has 0 amide bonds. The molecule has 0 fully saturated rings. The van der Waals surface area contributed by atoms with Crippen LogP contribution in [0.15, 0.2) is 102 Å². The van der Waals surface area contributed by atoms with Crippen molar-refractivity contribution in [1.29, 1.82) is 0 Å². The van der Waals surface area contributed by atoms with Gasteiger partial charge in [-0.25, -0.2) is 0 Å². The normalized spacial score (nSPS) is 13.9. The van der Waals surface area contributed by atoms with E-state index in [1.807, 2.05) is 37.3 Å². The van der Waals surface area contributed by atoms with Crippen LogP contribution in [0.2, 0.25) is 0 Å². The third-order valence-electron chi connectivity index (χ3n) is 13.0. The highest BCUT2D eigenvalue weighted by molar-refractivity contribution is 7.46. The minimum Gasteiger partial charge on any atom is -0.497 e. The number of methoxy groups -OCH3 is 4. The van der Waals surface area contributed by atoms with Crippen LogP contribution >= 0.6 is 16.0 Å². The number of fused-ring (bicyclic) bond motifs is 8. The molecule has 1 unspecified atom stereocenters. The van der Waals surface area contributed by atoms with Gasteiger partial charge in [-0.3, -0.25) is 0 Å². The lowest BCUT2D eigenvalue weighted by Crippen LogP contribution is -2.24. The summed E-state index contributed by atoms with van der Waals surface area (Å²) < 4.78 is 60.3. The van der Waals surface area contributed by atoms with Crippen molar-refractivity contribution in [3.8, 4) is 45.1 Å². The molecule has 0 saturated heterocycles. The number of benzene rings is 6. The van der Waals surface area contributed by atoms with E-state index < -0.39 is 21.4 Å². The van der Waals surface area contributed by atoms with Gasteiger partial charge in [-0.1, -0.05) is 100 Å². The fourth-order valence-electron chi connectivity index (χ4n) is 9.26. The van der Waals surface area contributed by atoms with Gasteiger partial charge in [0, 0.05) is 54.8 Å². The second-order valence-electron chi connectivity index (χ2n) is 21.1. The average Bonchev–Trinajstić information content (AvgIpc) is 3.55. The van der Waals surface area contributed by atoms with Gasteiger partial charge in [0.1, 0.15) is 67.4 Å². The lowest BCUT2D eigenvalue weighted by Gasteiger charge is -2.35. The van der Waals surface area contributed by atoms with E-state index >= 15 is 0 Å². The zero-order valence-electron chi connectivity index (χ0n) is 41.7. The minimum atomic E-state index is -1.88. The first-order valence-corrected chi connectivity index (χ1v) is 25.1. The first-order chi connectivity index (χ1) is 31.6. The van der Waals surface area contributed by atoms with Crippen molar-refractivity contribution in [3.63, 3.8) is 0 Å². The van der Waals surface area contributed by atoms with E-state index in [4.69, 9.17) is 40.5 Å². The van der Waals surface area contributed by atoms with E-state index in [0.717, 1.165) is 105 Å². The summed E-state index contributed by atoms with van der Waals surface area (Å²) in [7, 11) is 3.05. The molecule has 1 aliphatic heterocycles. The predicted octanol–water partition coefficient (Wildman–Crippen LogP) is 17.5. The number of rotatable bonds is 6. The summed E-state index contributed by atoms with van der Waals surface area (Å²) in [5, 5.41) is 5.10. The van der Waals surface area contributed by atoms with Crippen LogP contribution < -0.4 is 23.7 Å². The molecule has 11 heteroatoms. The molecule has 0 aliphatic carbocycles. The third-order valence-corrected chi connectivity index (χ3v) is 15.9. The molecule has 0 spiro atoms. The van der Waals surface area contributed by atoms with Gasteiger partial charge in [-0.05, 0) is 89.4 Å². The molecule has 8 aromatic rings. The Morgan fingerprint density at radius 1 is 0.433 bits per heavy atom. The Hall–Kier alpha value is -5.88. The van der Waals surface area contributed by atoms with E-state index in [2.05, 4.69) is 131 Å². The van der Waals surface area contributed by atoms with Crippen LogP contribution in [-0.4, -0.2) is 28.4 Å². The van der Waals surface area contributed by atoms with Gasteiger partial charge in [0.15, 0.2) is 0 Å². The van der Waals surface area contributed by atoms with Gasteiger partial charge in [0.2, 0.25) is 0 Å². The van der Waals surface area contributed by atoms with Crippen LogP contribution in [0.4, 0.5) is 0 Å². The van der Waals surface area contributed by atoms with Gasteiger partial charge in [0.25, 0.3) is 16.0 Å². The quantitative estimate of drug-likeness (QED) is 0.161. The molecule has 0 N–H and O–H groups in total. The number of ether oxygens (including phenoxy) is 5. The lowest BCUT2D eigenvalue weighted by atomic mass is 9.76. The Balaban J connectivity index is 1.38. The molecule has 6 aromatic carbocycles. The van der Waals surface area contributed by atoms with Gasteiger partial charge < -0.3 is 40.5 Å². The molecule has 67 heavy (non-hydrogen) atoms. The van der Waals surface area contributed by atoms with Crippen LogP contribution in [0, 0.1) is 6.92 Å². The maximum absolute atomic E-state index is 7.42. The van der Waals surface area contributed by atoms with Crippen molar-refractivity contribution < 1.29 is 40.5 Å². The van der Waals surface area contributed by atoms with Crippen molar-refractivity contribution in [2.24, 2.45) is 0 Å². The minimum absolute atomic E-state index is 0.311. The van der Waals surface area contributed by atoms with Crippen LogP contribution in [0.1, 0.15) is 110 Å². The largest absolute Gasteiger partial charge is 0.497 e. The molecular weight excluding hydrogens is 879 g/mol. The molecular formula is C56H62O9P2. The maximum Gasteiger partial charge on any atom is 0.256 e. The monoisotopic (exact) mass is 940 g/mol. The Morgan fingerprint density at radius 3 is 1.07 bits per heavy atom. The van der Waals surface area contributed by atoms with Gasteiger partial charge in [-0.15, -0.1) is 0 Å². The Morgan fingerprint density at radius 2 is 0.746 bits per heavy atom. The molecule has 350 valence electrons. The highest BCUT2D eigenvalue weighted by Crippen LogP contribution is 2.61. The summed E-state index contributed by atoms with van der Waals surface area (Å²) in [6.07, 6.45) is 0. The molecule has 9 rings (SSSR count). The molecule has 0 bridgehead atoms. The van der Waals surface area contributed by atoms with Gasteiger partial charge >= 0.3 is 0 Å². The molecule has 0 saturated carbocycles. The van der Waals surface area contributed by atoms with E-state index in [9.17, 15) is 0 Å². The number of hydrogen-bond acceptors (Lipinski definition) is 9. The average molecular weight is 941 g/mol. The van der Waals surface area contributed by atoms with Crippen LogP contribution in [-0.2, 0) is 21.7 Å². The van der Waals surface area contributed by atoms with Crippen molar-refractivity contribution in [1.82, 2.24) is 0 Å². The number of para-hydroxylation sites is 2. The Bertz CT molecular complexity index is 3290. The summed E-state index contributed by atoms with van der Waals surface area (Å²) in [4.78, 5) is 0. The van der Waals surface area contributed by atoms with E-state index in [1.54, 1.807) is 28.4 Å². The molecule has 2 aromatic heterocycles. The second-order valence-corrected chi connectivity index (χ2v) is 23.9. The van der Waals surface area contributed by atoms with Gasteiger partial charge in [-0.2, -0.15) is 0 Å². The highest BCUT2D eigenvalue weighted by atomic mass is 31.1. The molecule has 9 nitrogen and oxygen atoms in total. The topological polar surface area (TPSA) is 98.7 Å². The van der Waals surface area contributed by atoms with Crippen LogP contribution in [0.3, 0.4) is 0 Å². The summed E-state index contributed by atoms with van der Waals surface area (Å²) in [6, 6.07) is 29.0. The number of aryl methyl sites for hydroxylation is 1. The zero-order valence-corrected chi connectivity index (χ0v) is 43.4. The zero-order chi connectivity index (χ0) is 48.1. The predicted molar refractivity (Wildman–Crippen MR) is 275 cm³/mol. The summed E-state index contributed by atoms with van der Waals surface area (Å²) in [5.41, 5.74) is 7.38. The first-order valence-electron chi connectivity index (χ1n) is 22.7. The maximum atomic E-state index is 7.42. The fourth-order valence-corrected chi connectivity index (χ4v) is 12.3. The van der Waals surface area contributed by atoms with Crippen molar-refractivity contribution in [3.05, 3.63) is 118 Å². The third kappa shape index (κ3) is 7.92. The standard InChI is InChI=1S/C56H62O9P2/c1-31-23-32(57-13)24-36-37-25-33(58-14)28-42(53(2,3)4)48(37)63-66(62-47(31)36)45-21-17-19-40-51(45)61-52-41(56(40,11)12)20-18-22-46(52)67-64-49-38(26-34(59-15)29-43(49)54(5,6)7)39-27-35(60-16)30-44(50(39)65-67)55(8,9)10/h17-30H,1-16H3. The molecule has 1 aliphatic rings. The van der Waals surface area contributed by atoms with E-state index in [-0.39, 0.29) is 16.2 Å². The van der Waals surface area contributed by atoms with Crippen molar-refractivity contribution >= 4 is 59.9 Å². The van der Waals surface area contributed by atoms with Crippen molar-refractivity contribution in [2.45, 2.75) is 105 Å². The van der Waals surface area contributed by atoms with E-state index in [0.29, 0.717) is 17.1 Å². The Labute approximate surface area is 395 Å². The smallest absolute Gasteiger partial charge is 0.256 e. The SMILES string of the molecule is COc1cc(C)c2op(-c3cccc4c3Oc3c(-p5oc6c(C(C)(C)C)cc(OC)cc6c6cc(OC)cc(C(C)(C)C)c6o5)cccc3C4(C)C)oc3c(C(C)(C)C)cc(OC)cc3c2c1. The fraction of sp³-hybridized carbons (Fsp3) is 0.357. The first kappa shape index (κ1) is 46.2. The van der Waals surface area contributed by atoms with Crippen LogP contribution in [0.25, 0.3) is 54.5 Å². The summed E-state index contributed by atoms with van der Waals surface area (Å²) in [6.45, 7) is 26.2. The van der Waals surface area contributed by atoms with E-state index in [1.165, 1.54) is 0 Å². The Kier molecular flexibility index (Phi) is 11.3. The van der Waals surface area contributed by atoms with Gasteiger partial charge in [0.05, 0.1) is 28.4 Å². The molecule has 3 heterocycles. The summed E-state index contributed by atoms with van der Waals surface area (Å²) >= 11 is 0. The second kappa shape index (κ2) is 16.4. The molecule has 0 radical (unpaired) electrons. The lowest BCUT2D eigenvalue weighted by molar-refractivity contribution is 0.413. The highest BCUT2D eigenvalue weighted by Gasteiger charge is 2.39. The van der Waals surface area contributed by atoms with Crippen molar-refractivity contribution in [2.75, 3.05) is 28.4 Å². The number of hydrogen-bond donors (Lipinski definition) is 0.